The van der Waals surface area contributed by atoms with Gasteiger partial charge in [0.05, 0.1) is 19.6 Å². The third kappa shape index (κ3) is 7.29. The molecule has 0 radical (unpaired) electrons. The number of hydrogen-bond donors (Lipinski definition) is 2. The Hall–Kier alpha value is -4.52. The topological polar surface area (TPSA) is 98.0 Å². The number of nitrogens with zero attached hydrogens (tertiary/aromatic N) is 1. The molecule has 0 fully saturated rings. The van der Waals surface area contributed by atoms with Crippen molar-refractivity contribution in [1.82, 2.24) is 4.57 Å². The summed E-state index contributed by atoms with van der Waals surface area (Å²) in [6, 6.07) is 19.5. The first-order valence-corrected chi connectivity index (χ1v) is 13.0. The lowest BCUT2D eigenvalue weighted by molar-refractivity contribution is -0.138. The van der Waals surface area contributed by atoms with Crippen LogP contribution in [0.5, 0.6) is 11.5 Å². The van der Waals surface area contributed by atoms with Gasteiger partial charge in [-0.25, -0.2) is 0 Å². The van der Waals surface area contributed by atoms with E-state index < -0.39 is 11.9 Å². The highest BCUT2D eigenvalue weighted by atomic mass is 16.5. The van der Waals surface area contributed by atoms with E-state index in [1.165, 1.54) is 0 Å². The molecule has 0 saturated heterocycles. The van der Waals surface area contributed by atoms with Gasteiger partial charge in [-0.15, -0.1) is 0 Å². The number of rotatable bonds is 13. The van der Waals surface area contributed by atoms with Gasteiger partial charge in [-0.3, -0.25) is 9.59 Å². The fraction of sp³-hybridized carbons (Fsp3) is 0.250. The molecule has 4 rings (SSSR count). The predicted molar refractivity (Wildman–Crippen MR) is 152 cm³/mol. The highest BCUT2D eigenvalue weighted by molar-refractivity contribution is 5.96. The minimum absolute atomic E-state index is 0.183. The minimum Gasteiger partial charge on any atom is -0.494 e. The van der Waals surface area contributed by atoms with Crippen LogP contribution in [0, 0.1) is 13.8 Å². The van der Waals surface area contributed by atoms with Gasteiger partial charge in [-0.2, -0.15) is 0 Å². The number of aliphatic carboxylic acids is 2. The van der Waals surface area contributed by atoms with Crippen LogP contribution in [0.1, 0.15) is 40.7 Å². The largest absolute Gasteiger partial charge is 0.494 e. The maximum Gasteiger partial charge on any atom is 0.323 e. The average molecular weight is 528 g/mol. The van der Waals surface area contributed by atoms with E-state index in [9.17, 15) is 19.8 Å². The number of para-hydroxylation sites is 1. The Balaban J connectivity index is 1.34. The summed E-state index contributed by atoms with van der Waals surface area (Å²) in [5.41, 5.74) is 5.37. The summed E-state index contributed by atoms with van der Waals surface area (Å²) in [6.45, 7) is 5.14. The first-order valence-electron chi connectivity index (χ1n) is 13.0. The Kier molecular flexibility index (Phi) is 9.05. The number of carboxylic acids is 2. The third-order valence-corrected chi connectivity index (χ3v) is 6.46. The molecular formula is C32H33NO6. The van der Waals surface area contributed by atoms with Gasteiger partial charge >= 0.3 is 11.9 Å². The molecule has 39 heavy (non-hydrogen) atoms. The molecule has 3 aromatic carbocycles. The van der Waals surface area contributed by atoms with E-state index in [1.807, 2.05) is 60.7 Å². The SMILES string of the molecule is Cc1cccc(C)c1OCCCCOc1ccc(C=Cc2cccc3c2c(CC(=O)O)cn3CC(=O)O)cc1. The molecule has 0 unspecified atom stereocenters. The first kappa shape index (κ1) is 27.5. The summed E-state index contributed by atoms with van der Waals surface area (Å²) in [5.74, 6) is -0.191. The summed E-state index contributed by atoms with van der Waals surface area (Å²) in [4.78, 5) is 22.7. The number of aryl methyl sites for hydroxylation is 2. The van der Waals surface area contributed by atoms with E-state index in [0.29, 0.717) is 24.3 Å². The molecule has 4 aromatic rings. The number of ether oxygens (including phenoxy) is 2. The monoisotopic (exact) mass is 527 g/mol. The summed E-state index contributed by atoms with van der Waals surface area (Å²) in [5, 5.41) is 19.3. The van der Waals surface area contributed by atoms with Crippen molar-refractivity contribution >= 4 is 35.0 Å². The zero-order valence-corrected chi connectivity index (χ0v) is 22.2. The van der Waals surface area contributed by atoms with Gasteiger partial charge in [-0.05, 0) is 72.7 Å². The first-order chi connectivity index (χ1) is 18.8. The highest BCUT2D eigenvalue weighted by Gasteiger charge is 2.15. The van der Waals surface area contributed by atoms with Gasteiger partial charge in [0, 0.05) is 17.1 Å². The second-order valence-corrected chi connectivity index (χ2v) is 9.52. The number of hydrogen-bond acceptors (Lipinski definition) is 4. The van der Waals surface area contributed by atoms with Crippen LogP contribution in [-0.4, -0.2) is 39.9 Å². The van der Waals surface area contributed by atoms with E-state index in [2.05, 4.69) is 26.0 Å². The van der Waals surface area contributed by atoms with E-state index in [-0.39, 0.29) is 13.0 Å². The van der Waals surface area contributed by atoms with Gasteiger partial charge in [0.15, 0.2) is 0 Å². The van der Waals surface area contributed by atoms with Crippen molar-refractivity contribution in [2.75, 3.05) is 13.2 Å². The number of aromatic nitrogens is 1. The summed E-state index contributed by atoms with van der Waals surface area (Å²) in [6.07, 6.45) is 7.09. The molecular weight excluding hydrogens is 494 g/mol. The van der Waals surface area contributed by atoms with Crippen LogP contribution in [0.4, 0.5) is 0 Å². The van der Waals surface area contributed by atoms with E-state index in [4.69, 9.17) is 9.47 Å². The van der Waals surface area contributed by atoms with Crippen molar-refractivity contribution in [3.63, 3.8) is 0 Å². The quantitative estimate of drug-likeness (QED) is 0.155. The zero-order chi connectivity index (χ0) is 27.8. The van der Waals surface area contributed by atoms with Crippen molar-refractivity contribution in [2.45, 2.75) is 39.7 Å². The Bertz CT molecular complexity index is 1460. The van der Waals surface area contributed by atoms with Crippen LogP contribution >= 0.6 is 0 Å². The lowest BCUT2D eigenvalue weighted by Crippen LogP contribution is -2.07. The Morgan fingerprint density at radius 3 is 2.15 bits per heavy atom. The summed E-state index contributed by atoms with van der Waals surface area (Å²) < 4.78 is 13.4. The standard InChI is InChI=1S/C32H33NO6/c1-22-7-5-8-23(2)32(22)39-18-4-3-17-38-27-15-12-24(13-16-27)11-14-25-9-6-10-28-31(25)26(19-29(34)35)20-33(28)21-30(36)37/h5-16,20H,3-4,17-19,21H2,1-2H3,(H,34,35)(H,36,37). The number of carbonyl (C=O) groups is 2. The molecule has 2 N–H and O–H groups in total. The fourth-order valence-electron chi connectivity index (χ4n) is 4.64. The zero-order valence-electron chi connectivity index (χ0n) is 22.2. The molecule has 0 saturated carbocycles. The van der Waals surface area contributed by atoms with Crippen molar-refractivity contribution in [3.8, 4) is 11.5 Å². The van der Waals surface area contributed by atoms with Crippen LogP contribution in [0.2, 0.25) is 0 Å². The lowest BCUT2D eigenvalue weighted by atomic mass is 10.0. The second-order valence-electron chi connectivity index (χ2n) is 9.52. The molecule has 7 heteroatoms. The molecule has 202 valence electrons. The van der Waals surface area contributed by atoms with Crippen LogP contribution < -0.4 is 9.47 Å². The minimum atomic E-state index is -0.984. The average Bonchev–Trinajstić information content (AvgIpc) is 3.23. The van der Waals surface area contributed by atoms with Crippen molar-refractivity contribution in [3.05, 3.63) is 94.7 Å². The van der Waals surface area contributed by atoms with Crippen molar-refractivity contribution < 1.29 is 29.3 Å². The van der Waals surface area contributed by atoms with E-state index in [1.54, 1.807) is 10.8 Å². The van der Waals surface area contributed by atoms with E-state index >= 15 is 0 Å². The van der Waals surface area contributed by atoms with Gasteiger partial charge in [0.2, 0.25) is 0 Å². The van der Waals surface area contributed by atoms with Gasteiger partial charge < -0.3 is 24.3 Å². The van der Waals surface area contributed by atoms with Crippen LogP contribution in [0.15, 0.2) is 66.9 Å². The number of unbranched alkanes of at least 4 members (excludes halogenated alkanes) is 1. The predicted octanol–water partition coefficient (Wildman–Crippen LogP) is 6.38. The Morgan fingerprint density at radius 1 is 0.821 bits per heavy atom. The fourth-order valence-corrected chi connectivity index (χ4v) is 4.64. The number of carboxylic acid groups (broad SMARTS) is 2. The summed E-state index contributed by atoms with van der Waals surface area (Å²) in [7, 11) is 0. The smallest absolute Gasteiger partial charge is 0.323 e. The maximum atomic E-state index is 11.4. The van der Waals surface area contributed by atoms with Gasteiger partial charge in [0.25, 0.3) is 0 Å². The molecule has 0 bridgehead atoms. The molecule has 1 heterocycles. The molecule has 0 aliphatic heterocycles. The van der Waals surface area contributed by atoms with Gasteiger partial charge in [0.1, 0.15) is 18.0 Å². The van der Waals surface area contributed by atoms with Crippen LogP contribution in [0.3, 0.4) is 0 Å². The highest BCUT2D eigenvalue weighted by Crippen LogP contribution is 2.28. The maximum absolute atomic E-state index is 11.4. The second kappa shape index (κ2) is 12.8. The lowest BCUT2D eigenvalue weighted by Gasteiger charge is -2.12. The van der Waals surface area contributed by atoms with Crippen LogP contribution in [0.25, 0.3) is 23.1 Å². The van der Waals surface area contributed by atoms with E-state index in [0.717, 1.165) is 52.0 Å². The molecule has 7 nitrogen and oxygen atoms in total. The number of fused-ring (bicyclic) bond motifs is 1. The normalized spacial score (nSPS) is 11.2. The Labute approximate surface area is 227 Å². The molecule has 0 aliphatic rings. The van der Waals surface area contributed by atoms with Crippen LogP contribution in [-0.2, 0) is 22.6 Å². The summed E-state index contributed by atoms with van der Waals surface area (Å²) >= 11 is 0. The Morgan fingerprint density at radius 2 is 1.49 bits per heavy atom. The molecule has 0 atom stereocenters. The number of benzene rings is 3. The van der Waals surface area contributed by atoms with Crippen molar-refractivity contribution in [2.24, 2.45) is 0 Å². The van der Waals surface area contributed by atoms with Crippen molar-refractivity contribution in [1.29, 1.82) is 0 Å². The molecule has 0 spiro atoms. The third-order valence-electron chi connectivity index (χ3n) is 6.46. The van der Waals surface area contributed by atoms with Gasteiger partial charge in [-0.1, -0.05) is 54.6 Å². The molecule has 0 amide bonds. The molecule has 1 aromatic heterocycles. The molecule has 0 aliphatic carbocycles.